The molecule has 170 valence electrons. The molecule has 0 saturated carbocycles. The van der Waals surface area contributed by atoms with E-state index in [9.17, 15) is 4.79 Å². The van der Waals surface area contributed by atoms with Gasteiger partial charge in [0, 0.05) is 48.3 Å². The number of rotatable bonds is 10. The highest BCUT2D eigenvalue weighted by atomic mass is 35.5. The molecule has 2 heterocycles. The average molecular weight is 457 g/mol. The first-order valence-corrected chi connectivity index (χ1v) is 11.3. The minimum Gasteiger partial charge on any atom is -0.494 e. The van der Waals surface area contributed by atoms with E-state index in [0.29, 0.717) is 31.4 Å². The summed E-state index contributed by atoms with van der Waals surface area (Å²) in [5.41, 5.74) is 4.37. The number of fused-ring (bicyclic) bond motifs is 3. The molecule has 0 spiro atoms. The number of aromatic nitrogens is 1. The third kappa shape index (κ3) is 4.93. The molecule has 4 rings (SSSR count). The first kappa shape index (κ1) is 22.6. The molecule has 0 fully saturated rings. The van der Waals surface area contributed by atoms with Gasteiger partial charge in [-0.1, -0.05) is 23.7 Å². The van der Waals surface area contributed by atoms with Gasteiger partial charge in [0.2, 0.25) is 6.41 Å². The van der Waals surface area contributed by atoms with Crippen molar-refractivity contribution >= 4 is 28.9 Å². The minimum absolute atomic E-state index is 0.101. The number of H-pyrrole nitrogens is 1. The molecular formula is C25H29ClN2O4. The first-order chi connectivity index (χ1) is 15.6. The van der Waals surface area contributed by atoms with Gasteiger partial charge >= 0.3 is 0 Å². The highest BCUT2D eigenvalue weighted by Gasteiger charge is 2.31. The largest absolute Gasteiger partial charge is 0.494 e. The molecule has 32 heavy (non-hydrogen) atoms. The van der Waals surface area contributed by atoms with Gasteiger partial charge in [-0.2, -0.15) is 0 Å². The number of halogens is 1. The van der Waals surface area contributed by atoms with Crippen molar-refractivity contribution in [2.24, 2.45) is 0 Å². The van der Waals surface area contributed by atoms with Gasteiger partial charge < -0.3 is 24.1 Å². The van der Waals surface area contributed by atoms with Crippen LogP contribution < -0.4 is 4.74 Å². The Morgan fingerprint density at radius 2 is 2.03 bits per heavy atom. The van der Waals surface area contributed by atoms with E-state index in [4.69, 9.17) is 25.8 Å². The van der Waals surface area contributed by atoms with Crippen LogP contribution in [0.2, 0.25) is 5.02 Å². The zero-order chi connectivity index (χ0) is 22.5. The van der Waals surface area contributed by atoms with Crippen molar-refractivity contribution in [3.05, 3.63) is 64.3 Å². The number of ether oxygens (including phenoxy) is 3. The molecule has 7 heteroatoms. The molecule has 2 atom stereocenters. The number of benzene rings is 2. The van der Waals surface area contributed by atoms with Crippen LogP contribution in [0.5, 0.6) is 5.75 Å². The number of aromatic amines is 1. The molecule has 1 amide bonds. The van der Waals surface area contributed by atoms with Gasteiger partial charge in [0.15, 0.2) is 0 Å². The van der Waals surface area contributed by atoms with Crippen LogP contribution in [0.4, 0.5) is 0 Å². The van der Waals surface area contributed by atoms with Crippen LogP contribution in [0.25, 0.3) is 10.9 Å². The molecule has 3 aromatic rings. The summed E-state index contributed by atoms with van der Waals surface area (Å²) in [7, 11) is 1.68. The lowest BCUT2D eigenvalue weighted by molar-refractivity contribution is -0.120. The summed E-state index contributed by atoms with van der Waals surface area (Å²) in [6, 6.07) is 13.7. The van der Waals surface area contributed by atoms with E-state index < -0.39 is 0 Å². The molecule has 1 aliphatic rings. The van der Waals surface area contributed by atoms with Crippen LogP contribution in [0, 0.1) is 0 Å². The zero-order valence-corrected chi connectivity index (χ0v) is 19.2. The topological polar surface area (TPSA) is 63.8 Å². The van der Waals surface area contributed by atoms with Gasteiger partial charge in [0.1, 0.15) is 5.75 Å². The van der Waals surface area contributed by atoms with Gasteiger partial charge in [-0.3, -0.25) is 4.79 Å². The second kappa shape index (κ2) is 10.4. The fraction of sp³-hybridized carbons (Fsp3) is 0.400. The Morgan fingerprint density at radius 3 is 2.78 bits per heavy atom. The van der Waals surface area contributed by atoms with Crippen molar-refractivity contribution in [2.45, 2.75) is 31.9 Å². The maximum Gasteiger partial charge on any atom is 0.210 e. The van der Waals surface area contributed by atoms with Crippen molar-refractivity contribution in [3.8, 4) is 5.75 Å². The number of nitrogens with one attached hydrogen (secondary N) is 1. The standard InChI is InChI=1S/C25H29ClN2O4/c1-17(30-2)15-31-12-3-13-32-20-7-4-18(5-8-20)25-24-21(10-11-28(25)16-29)22-14-19(26)6-9-23(22)27-24/h4-9,14,16-17,25,27H,3,10-13,15H2,1-2H3. The summed E-state index contributed by atoms with van der Waals surface area (Å²) in [6.45, 7) is 4.44. The van der Waals surface area contributed by atoms with Crippen molar-refractivity contribution in [2.75, 3.05) is 33.5 Å². The molecular weight excluding hydrogens is 428 g/mol. The van der Waals surface area contributed by atoms with Crippen LogP contribution >= 0.6 is 11.6 Å². The Morgan fingerprint density at radius 1 is 1.22 bits per heavy atom. The van der Waals surface area contributed by atoms with Crippen molar-refractivity contribution in [1.82, 2.24) is 9.88 Å². The fourth-order valence-corrected chi connectivity index (χ4v) is 4.34. The number of hydrogen-bond acceptors (Lipinski definition) is 4. The van der Waals surface area contributed by atoms with Crippen LogP contribution in [0.1, 0.15) is 36.2 Å². The summed E-state index contributed by atoms with van der Waals surface area (Å²) in [5.74, 6) is 0.802. The number of carbonyl (C=O) groups excluding carboxylic acids is 1. The molecule has 0 radical (unpaired) electrons. The lowest BCUT2D eigenvalue weighted by Crippen LogP contribution is -2.34. The van der Waals surface area contributed by atoms with E-state index in [0.717, 1.165) is 47.2 Å². The van der Waals surface area contributed by atoms with Gasteiger partial charge in [-0.05, 0) is 54.8 Å². The van der Waals surface area contributed by atoms with Crippen LogP contribution in [-0.2, 0) is 20.7 Å². The Bertz CT molecular complexity index is 1050. The summed E-state index contributed by atoms with van der Waals surface area (Å²) in [4.78, 5) is 17.2. The number of nitrogens with zero attached hydrogens (tertiary/aromatic N) is 1. The summed E-state index contributed by atoms with van der Waals surface area (Å²) in [6.07, 6.45) is 2.64. The summed E-state index contributed by atoms with van der Waals surface area (Å²) in [5, 5.41) is 1.85. The molecule has 6 nitrogen and oxygen atoms in total. The second-order valence-electron chi connectivity index (χ2n) is 8.10. The molecule has 1 aliphatic heterocycles. The fourth-order valence-electron chi connectivity index (χ4n) is 4.17. The Kier molecular flexibility index (Phi) is 7.35. The van der Waals surface area contributed by atoms with Gasteiger partial charge in [0.05, 0.1) is 25.4 Å². The minimum atomic E-state index is -0.160. The average Bonchev–Trinajstić information content (AvgIpc) is 3.18. The third-order valence-corrected chi connectivity index (χ3v) is 6.15. The highest BCUT2D eigenvalue weighted by molar-refractivity contribution is 6.31. The monoisotopic (exact) mass is 456 g/mol. The van der Waals surface area contributed by atoms with Crippen molar-refractivity contribution < 1.29 is 19.0 Å². The lowest BCUT2D eigenvalue weighted by atomic mass is 9.93. The summed E-state index contributed by atoms with van der Waals surface area (Å²) >= 11 is 6.23. The number of carbonyl (C=O) groups is 1. The van der Waals surface area contributed by atoms with E-state index in [-0.39, 0.29) is 12.1 Å². The van der Waals surface area contributed by atoms with E-state index in [1.54, 1.807) is 7.11 Å². The van der Waals surface area contributed by atoms with Crippen LogP contribution in [-0.4, -0.2) is 55.9 Å². The first-order valence-electron chi connectivity index (χ1n) is 10.9. The van der Waals surface area contributed by atoms with Gasteiger partial charge in [0.25, 0.3) is 0 Å². The molecule has 0 bridgehead atoms. The van der Waals surface area contributed by atoms with Crippen molar-refractivity contribution in [1.29, 1.82) is 0 Å². The Balaban J connectivity index is 1.44. The van der Waals surface area contributed by atoms with Gasteiger partial charge in [-0.15, -0.1) is 0 Å². The van der Waals surface area contributed by atoms with Crippen LogP contribution in [0.3, 0.4) is 0 Å². The number of hydrogen-bond donors (Lipinski definition) is 1. The summed E-state index contributed by atoms with van der Waals surface area (Å²) < 4.78 is 16.6. The second-order valence-corrected chi connectivity index (χ2v) is 8.53. The Hall–Kier alpha value is -2.54. The molecule has 1 aromatic heterocycles. The molecule has 1 N–H and O–H groups in total. The lowest BCUT2D eigenvalue weighted by Gasteiger charge is -2.33. The molecule has 0 saturated heterocycles. The van der Waals surface area contributed by atoms with E-state index >= 15 is 0 Å². The van der Waals surface area contributed by atoms with Crippen LogP contribution in [0.15, 0.2) is 42.5 Å². The number of amides is 1. The maximum absolute atomic E-state index is 11.8. The zero-order valence-electron chi connectivity index (χ0n) is 18.5. The predicted molar refractivity (Wildman–Crippen MR) is 125 cm³/mol. The SMILES string of the molecule is COC(C)COCCCOc1ccc(C2c3[nH]c4ccc(Cl)cc4c3CCN2C=O)cc1. The highest BCUT2D eigenvalue weighted by Crippen LogP contribution is 2.38. The third-order valence-electron chi connectivity index (χ3n) is 5.91. The predicted octanol–water partition coefficient (Wildman–Crippen LogP) is 4.75. The van der Waals surface area contributed by atoms with Crippen molar-refractivity contribution in [3.63, 3.8) is 0 Å². The van der Waals surface area contributed by atoms with Gasteiger partial charge in [-0.25, -0.2) is 0 Å². The van der Waals surface area contributed by atoms with E-state index in [1.807, 2.05) is 54.3 Å². The maximum atomic E-state index is 11.8. The quantitative estimate of drug-likeness (QED) is 0.353. The molecule has 2 unspecified atom stereocenters. The molecule has 0 aliphatic carbocycles. The number of methoxy groups -OCH3 is 1. The normalized spacial score (nSPS) is 16.7. The van der Waals surface area contributed by atoms with E-state index in [2.05, 4.69) is 4.98 Å². The molecule has 2 aromatic carbocycles. The van der Waals surface area contributed by atoms with E-state index in [1.165, 1.54) is 5.56 Å². The Labute approximate surface area is 193 Å². The smallest absolute Gasteiger partial charge is 0.210 e.